The molecular formula is C10H7FN4O. The van der Waals surface area contributed by atoms with Gasteiger partial charge in [0, 0.05) is 6.20 Å². The molecule has 0 atom stereocenters. The number of pyridine rings is 1. The van der Waals surface area contributed by atoms with Crippen LogP contribution in [-0.4, -0.2) is 20.7 Å². The first-order valence-electron chi connectivity index (χ1n) is 4.73. The van der Waals surface area contributed by atoms with Crippen LogP contribution in [0.25, 0.3) is 5.82 Å². The van der Waals surface area contributed by atoms with Crippen LogP contribution < -0.4 is 5.32 Å². The van der Waals surface area contributed by atoms with E-state index in [0.29, 0.717) is 23.6 Å². The molecule has 0 unspecified atom stereocenters. The molecule has 0 aliphatic carbocycles. The highest BCUT2D eigenvalue weighted by atomic mass is 19.1. The first-order chi connectivity index (χ1) is 7.74. The number of rotatable bonds is 1. The van der Waals surface area contributed by atoms with Gasteiger partial charge < -0.3 is 5.32 Å². The van der Waals surface area contributed by atoms with Crippen LogP contribution in [-0.2, 0) is 6.54 Å². The van der Waals surface area contributed by atoms with Crippen LogP contribution in [0, 0.1) is 5.82 Å². The van der Waals surface area contributed by atoms with E-state index in [2.05, 4.69) is 15.4 Å². The summed E-state index contributed by atoms with van der Waals surface area (Å²) in [6.07, 6.45) is 2.71. The lowest BCUT2D eigenvalue weighted by atomic mass is 10.3. The molecule has 1 amide bonds. The maximum absolute atomic E-state index is 12.7. The van der Waals surface area contributed by atoms with E-state index in [1.807, 2.05) is 0 Å². The Morgan fingerprint density at radius 3 is 3.00 bits per heavy atom. The molecule has 0 fully saturated rings. The number of halogens is 1. The zero-order chi connectivity index (χ0) is 11.1. The summed E-state index contributed by atoms with van der Waals surface area (Å²) in [7, 11) is 0. The molecule has 16 heavy (non-hydrogen) atoms. The van der Waals surface area contributed by atoms with E-state index in [-0.39, 0.29) is 5.91 Å². The van der Waals surface area contributed by atoms with Crippen molar-refractivity contribution in [2.24, 2.45) is 0 Å². The lowest BCUT2D eigenvalue weighted by molar-refractivity contribution is 0.0965. The smallest absolute Gasteiger partial charge is 0.255 e. The summed E-state index contributed by atoms with van der Waals surface area (Å²) in [5, 5.41) is 6.85. The predicted octanol–water partition coefficient (Wildman–Crippen LogP) is 0.650. The largest absolute Gasteiger partial charge is 0.346 e. The summed E-state index contributed by atoms with van der Waals surface area (Å²) < 4.78 is 14.1. The van der Waals surface area contributed by atoms with Crippen LogP contribution in [0.3, 0.4) is 0 Å². The molecule has 5 nitrogen and oxygen atoms in total. The van der Waals surface area contributed by atoms with Crippen LogP contribution in [0.15, 0.2) is 24.5 Å². The standard InChI is InChI=1S/C10H7FN4O/c11-6-1-2-9(12-3-6)15-5-7-8(14-15)4-13-10(7)16/h1-3,5H,4H2,(H,13,16). The van der Waals surface area contributed by atoms with Gasteiger partial charge in [-0.05, 0) is 12.1 Å². The van der Waals surface area contributed by atoms with Crippen molar-refractivity contribution in [2.75, 3.05) is 0 Å². The minimum atomic E-state index is -0.402. The number of aromatic nitrogens is 3. The summed E-state index contributed by atoms with van der Waals surface area (Å²) >= 11 is 0. The number of hydrogen-bond acceptors (Lipinski definition) is 3. The van der Waals surface area contributed by atoms with Crippen LogP contribution in [0.4, 0.5) is 4.39 Å². The van der Waals surface area contributed by atoms with Gasteiger partial charge in [0.2, 0.25) is 0 Å². The Morgan fingerprint density at radius 2 is 2.31 bits per heavy atom. The second-order valence-corrected chi connectivity index (χ2v) is 3.45. The summed E-state index contributed by atoms with van der Waals surface area (Å²) in [5.74, 6) is -0.0480. The van der Waals surface area contributed by atoms with Crippen molar-refractivity contribution in [2.45, 2.75) is 6.54 Å². The third-order valence-electron chi connectivity index (χ3n) is 2.40. The molecule has 2 aromatic heterocycles. The highest BCUT2D eigenvalue weighted by molar-refractivity contribution is 5.97. The van der Waals surface area contributed by atoms with Crippen LogP contribution in [0.5, 0.6) is 0 Å². The Kier molecular flexibility index (Phi) is 1.76. The molecule has 0 saturated carbocycles. The first kappa shape index (κ1) is 9.02. The Labute approximate surface area is 89.9 Å². The Bertz CT molecular complexity index is 561. The zero-order valence-electron chi connectivity index (χ0n) is 8.14. The van der Waals surface area contributed by atoms with Crippen molar-refractivity contribution in [1.29, 1.82) is 0 Å². The number of nitrogens with one attached hydrogen (secondary N) is 1. The lowest BCUT2D eigenvalue weighted by Crippen LogP contribution is -2.14. The molecule has 2 aromatic rings. The summed E-state index contributed by atoms with van der Waals surface area (Å²) in [6.45, 7) is 0.433. The number of fused-ring (bicyclic) bond motifs is 1. The lowest BCUT2D eigenvalue weighted by Gasteiger charge is -1.99. The molecule has 0 spiro atoms. The van der Waals surface area contributed by atoms with Crippen LogP contribution >= 0.6 is 0 Å². The highest BCUT2D eigenvalue weighted by Gasteiger charge is 2.23. The van der Waals surface area contributed by atoms with Crippen molar-refractivity contribution in [1.82, 2.24) is 20.1 Å². The number of carbonyl (C=O) groups excluding carboxylic acids is 1. The predicted molar refractivity (Wildman–Crippen MR) is 52.5 cm³/mol. The Morgan fingerprint density at radius 1 is 1.44 bits per heavy atom. The minimum absolute atomic E-state index is 0.136. The van der Waals surface area contributed by atoms with Crippen LogP contribution in [0.1, 0.15) is 16.1 Å². The van der Waals surface area contributed by atoms with E-state index in [0.717, 1.165) is 6.20 Å². The highest BCUT2D eigenvalue weighted by Crippen LogP contribution is 2.15. The van der Waals surface area contributed by atoms with Gasteiger partial charge in [0.25, 0.3) is 5.91 Å². The molecule has 1 aliphatic heterocycles. The fraction of sp³-hybridized carbons (Fsp3) is 0.100. The van der Waals surface area contributed by atoms with E-state index in [1.165, 1.54) is 16.8 Å². The molecule has 3 heterocycles. The summed E-state index contributed by atoms with van der Waals surface area (Å²) in [6, 6.07) is 2.81. The number of nitrogens with zero attached hydrogens (tertiary/aromatic N) is 3. The minimum Gasteiger partial charge on any atom is -0.346 e. The third kappa shape index (κ3) is 1.27. The molecular weight excluding hydrogens is 211 g/mol. The Balaban J connectivity index is 2.05. The summed E-state index contributed by atoms with van der Waals surface area (Å²) in [5.41, 5.74) is 1.24. The quantitative estimate of drug-likeness (QED) is 0.764. The van der Waals surface area contributed by atoms with Gasteiger partial charge in [-0.2, -0.15) is 5.10 Å². The molecule has 6 heteroatoms. The van der Waals surface area contributed by atoms with Gasteiger partial charge in [0.15, 0.2) is 5.82 Å². The molecule has 1 aliphatic rings. The van der Waals surface area contributed by atoms with E-state index in [4.69, 9.17) is 0 Å². The normalized spacial score (nSPS) is 13.7. The fourth-order valence-corrected chi connectivity index (χ4v) is 1.61. The first-order valence-corrected chi connectivity index (χ1v) is 4.73. The number of hydrogen-bond donors (Lipinski definition) is 1. The molecule has 0 aromatic carbocycles. The van der Waals surface area contributed by atoms with Gasteiger partial charge in [0.05, 0.1) is 24.0 Å². The third-order valence-corrected chi connectivity index (χ3v) is 2.40. The van der Waals surface area contributed by atoms with E-state index in [1.54, 1.807) is 6.20 Å². The van der Waals surface area contributed by atoms with Crippen molar-refractivity contribution < 1.29 is 9.18 Å². The number of carbonyl (C=O) groups is 1. The molecule has 1 N–H and O–H groups in total. The fourth-order valence-electron chi connectivity index (χ4n) is 1.61. The van der Waals surface area contributed by atoms with E-state index in [9.17, 15) is 9.18 Å². The van der Waals surface area contributed by atoms with Crippen molar-refractivity contribution in [3.63, 3.8) is 0 Å². The molecule has 0 radical (unpaired) electrons. The van der Waals surface area contributed by atoms with Gasteiger partial charge in [0.1, 0.15) is 5.82 Å². The van der Waals surface area contributed by atoms with Gasteiger partial charge in [-0.25, -0.2) is 14.1 Å². The van der Waals surface area contributed by atoms with Gasteiger partial charge in [-0.15, -0.1) is 0 Å². The maximum atomic E-state index is 12.7. The van der Waals surface area contributed by atoms with Gasteiger partial charge in [-0.1, -0.05) is 0 Å². The van der Waals surface area contributed by atoms with Crippen molar-refractivity contribution >= 4 is 5.91 Å². The number of amides is 1. The molecule has 0 saturated heterocycles. The van der Waals surface area contributed by atoms with Crippen molar-refractivity contribution in [3.8, 4) is 5.82 Å². The monoisotopic (exact) mass is 218 g/mol. The maximum Gasteiger partial charge on any atom is 0.255 e. The van der Waals surface area contributed by atoms with Gasteiger partial charge >= 0.3 is 0 Å². The average Bonchev–Trinajstić information content (AvgIpc) is 2.83. The second kappa shape index (κ2) is 3.13. The molecule has 3 rings (SSSR count). The second-order valence-electron chi connectivity index (χ2n) is 3.45. The molecule has 80 valence electrons. The average molecular weight is 218 g/mol. The van der Waals surface area contributed by atoms with Gasteiger partial charge in [-0.3, -0.25) is 4.79 Å². The molecule has 0 bridgehead atoms. The van der Waals surface area contributed by atoms with E-state index < -0.39 is 5.82 Å². The summed E-state index contributed by atoms with van der Waals surface area (Å²) in [4.78, 5) is 15.2. The topological polar surface area (TPSA) is 59.8 Å². The van der Waals surface area contributed by atoms with Crippen LogP contribution in [0.2, 0.25) is 0 Å². The zero-order valence-corrected chi connectivity index (χ0v) is 8.14. The van der Waals surface area contributed by atoms with Crippen molar-refractivity contribution in [3.05, 3.63) is 41.6 Å². The SMILES string of the molecule is O=C1NCc2nn(-c3ccc(F)cn3)cc21. The van der Waals surface area contributed by atoms with E-state index >= 15 is 0 Å². The Hall–Kier alpha value is -2.24.